The first kappa shape index (κ1) is 25.4. The quantitative estimate of drug-likeness (QED) is 0.534. The molecule has 34 heavy (non-hydrogen) atoms. The number of amides is 1. The van der Waals surface area contributed by atoms with Gasteiger partial charge >= 0.3 is 18.2 Å². The highest BCUT2D eigenvalue weighted by molar-refractivity contribution is 5.84. The standard InChI is InChI=1S/C25H28F3NO5/c1-15-6-7-17(20(12-15)25(26,27)28)14-33-18-8-9-19-16(13-18)10-11-29(21(19)22(30)32-5)23(31)34-24(2,3)4/h6-9,12-13,21H,10-11,14H2,1-5H3/t21-/m1/s1. The maximum atomic E-state index is 13.4. The van der Waals surface area contributed by atoms with Crippen LogP contribution in [0, 0.1) is 6.92 Å². The number of carbonyl (C=O) groups is 2. The van der Waals surface area contributed by atoms with Crippen LogP contribution < -0.4 is 4.74 Å². The molecule has 0 aromatic heterocycles. The number of hydrogen-bond acceptors (Lipinski definition) is 5. The number of aryl methyl sites for hydroxylation is 1. The van der Waals surface area contributed by atoms with Crippen molar-refractivity contribution in [2.45, 2.75) is 58.5 Å². The number of halogens is 3. The predicted molar refractivity (Wildman–Crippen MR) is 118 cm³/mol. The molecule has 0 unspecified atom stereocenters. The van der Waals surface area contributed by atoms with Crippen LogP contribution in [0.1, 0.15) is 54.6 Å². The molecule has 1 aliphatic rings. The fourth-order valence-electron chi connectivity index (χ4n) is 3.82. The third-order valence-corrected chi connectivity index (χ3v) is 5.36. The van der Waals surface area contributed by atoms with Gasteiger partial charge in [-0.3, -0.25) is 4.90 Å². The fourth-order valence-corrected chi connectivity index (χ4v) is 3.82. The van der Waals surface area contributed by atoms with Crippen LogP contribution in [0.25, 0.3) is 0 Å². The average molecular weight is 479 g/mol. The molecule has 2 aromatic carbocycles. The highest BCUT2D eigenvalue weighted by atomic mass is 19.4. The number of ether oxygens (including phenoxy) is 3. The molecule has 3 rings (SSSR count). The monoisotopic (exact) mass is 479 g/mol. The Balaban J connectivity index is 1.84. The Morgan fingerprint density at radius 3 is 2.41 bits per heavy atom. The number of rotatable bonds is 4. The molecule has 0 fully saturated rings. The molecular weight excluding hydrogens is 451 g/mol. The number of alkyl halides is 3. The van der Waals surface area contributed by atoms with Gasteiger partial charge in [-0.25, -0.2) is 9.59 Å². The molecule has 0 saturated carbocycles. The number of hydrogen-bond donors (Lipinski definition) is 0. The van der Waals surface area contributed by atoms with E-state index >= 15 is 0 Å². The molecule has 0 bridgehead atoms. The zero-order chi connectivity index (χ0) is 25.3. The molecular formula is C25H28F3NO5. The average Bonchev–Trinajstić information content (AvgIpc) is 2.74. The van der Waals surface area contributed by atoms with E-state index in [-0.39, 0.29) is 18.7 Å². The molecule has 184 valence electrons. The fraction of sp³-hybridized carbons (Fsp3) is 0.440. The number of carbonyl (C=O) groups excluding carboxylic acids is 2. The van der Waals surface area contributed by atoms with Gasteiger partial charge in [-0.1, -0.05) is 23.8 Å². The van der Waals surface area contributed by atoms with Gasteiger partial charge in [0.15, 0.2) is 6.04 Å². The summed E-state index contributed by atoms with van der Waals surface area (Å²) in [5.74, 6) is -0.253. The van der Waals surface area contributed by atoms with E-state index in [9.17, 15) is 22.8 Å². The Bertz CT molecular complexity index is 1080. The molecule has 1 heterocycles. The van der Waals surface area contributed by atoms with Crippen LogP contribution in [0.4, 0.5) is 18.0 Å². The third-order valence-electron chi connectivity index (χ3n) is 5.36. The lowest BCUT2D eigenvalue weighted by atomic mass is 9.92. The second-order valence-electron chi connectivity index (χ2n) is 9.16. The zero-order valence-corrected chi connectivity index (χ0v) is 19.8. The highest BCUT2D eigenvalue weighted by Crippen LogP contribution is 2.36. The lowest BCUT2D eigenvalue weighted by Gasteiger charge is -2.36. The summed E-state index contributed by atoms with van der Waals surface area (Å²) < 4.78 is 56.2. The van der Waals surface area contributed by atoms with Crippen LogP contribution in [0.15, 0.2) is 36.4 Å². The zero-order valence-electron chi connectivity index (χ0n) is 19.8. The summed E-state index contributed by atoms with van der Waals surface area (Å²) in [7, 11) is 1.24. The summed E-state index contributed by atoms with van der Waals surface area (Å²) in [6.45, 7) is 6.74. The maximum Gasteiger partial charge on any atom is 0.416 e. The van der Waals surface area contributed by atoms with Gasteiger partial charge in [0.05, 0.1) is 12.7 Å². The molecule has 6 nitrogen and oxygen atoms in total. The van der Waals surface area contributed by atoms with Gasteiger partial charge < -0.3 is 14.2 Å². The van der Waals surface area contributed by atoms with E-state index < -0.39 is 35.4 Å². The van der Waals surface area contributed by atoms with Crippen LogP contribution in [0.3, 0.4) is 0 Å². The third kappa shape index (κ3) is 5.81. The van der Waals surface area contributed by atoms with Crippen molar-refractivity contribution in [3.63, 3.8) is 0 Å². The smallest absolute Gasteiger partial charge is 0.416 e. The van der Waals surface area contributed by atoms with Gasteiger partial charge in [0.2, 0.25) is 0 Å². The number of methoxy groups -OCH3 is 1. The lowest BCUT2D eigenvalue weighted by Crippen LogP contribution is -2.46. The SMILES string of the molecule is COC(=O)[C@H]1c2ccc(OCc3ccc(C)cc3C(F)(F)F)cc2CCN1C(=O)OC(C)(C)C. The van der Waals surface area contributed by atoms with Crippen LogP contribution >= 0.6 is 0 Å². The van der Waals surface area contributed by atoms with Crippen LogP contribution in [0.2, 0.25) is 0 Å². The van der Waals surface area contributed by atoms with E-state index in [1.807, 2.05) is 0 Å². The van der Waals surface area contributed by atoms with Crippen molar-refractivity contribution in [3.8, 4) is 5.75 Å². The maximum absolute atomic E-state index is 13.4. The van der Waals surface area contributed by atoms with E-state index in [4.69, 9.17) is 14.2 Å². The lowest BCUT2D eigenvalue weighted by molar-refractivity contribution is -0.147. The number of benzene rings is 2. The van der Waals surface area contributed by atoms with Gasteiger partial charge in [0.1, 0.15) is 18.0 Å². The summed E-state index contributed by atoms with van der Waals surface area (Å²) >= 11 is 0. The Labute approximate surface area is 196 Å². The Morgan fingerprint density at radius 2 is 1.79 bits per heavy atom. The molecule has 0 radical (unpaired) electrons. The molecule has 1 atom stereocenters. The van der Waals surface area contributed by atoms with E-state index in [0.717, 1.165) is 11.6 Å². The molecule has 9 heteroatoms. The van der Waals surface area contributed by atoms with Gasteiger partial charge in [-0.15, -0.1) is 0 Å². The van der Waals surface area contributed by atoms with Gasteiger partial charge in [0, 0.05) is 12.1 Å². The van der Waals surface area contributed by atoms with E-state index in [2.05, 4.69) is 0 Å². The van der Waals surface area contributed by atoms with Crippen molar-refractivity contribution >= 4 is 12.1 Å². The minimum absolute atomic E-state index is 0.0272. The second-order valence-corrected chi connectivity index (χ2v) is 9.16. The van der Waals surface area contributed by atoms with Crippen molar-refractivity contribution in [1.82, 2.24) is 4.90 Å². The first-order valence-corrected chi connectivity index (χ1v) is 10.8. The molecule has 0 aliphatic carbocycles. The summed E-state index contributed by atoms with van der Waals surface area (Å²) in [5, 5.41) is 0. The molecule has 2 aromatic rings. The Morgan fingerprint density at radius 1 is 1.09 bits per heavy atom. The molecule has 0 N–H and O–H groups in total. The minimum atomic E-state index is -4.49. The molecule has 1 aliphatic heterocycles. The molecule has 0 spiro atoms. The Hall–Kier alpha value is -3.23. The van der Waals surface area contributed by atoms with Gasteiger partial charge in [0.25, 0.3) is 0 Å². The van der Waals surface area contributed by atoms with Crippen LogP contribution in [0.5, 0.6) is 5.75 Å². The van der Waals surface area contributed by atoms with Gasteiger partial charge in [-0.05, 0) is 63.4 Å². The number of fused-ring (bicyclic) bond motifs is 1. The molecule has 0 saturated heterocycles. The molecule has 1 amide bonds. The summed E-state index contributed by atoms with van der Waals surface area (Å²) in [4.78, 5) is 26.6. The van der Waals surface area contributed by atoms with Crippen molar-refractivity contribution in [2.75, 3.05) is 13.7 Å². The number of esters is 1. The second kappa shape index (κ2) is 9.56. The highest BCUT2D eigenvalue weighted by Gasteiger charge is 2.39. The topological polar surface area (TPSA) is 65.1 Å². The Kier molecular flexibility index (Phi) is 7.14. The number of nitrogens with zero attached hydrogens (tertiary/aromatic N) is 1. The largest absolute Gasteiger partial charge is 0.489 e. The first-order chi connectivity index (χ1) is 15.8. The predicted octanol–water partition coefficient (Wildman–Crippen LogP) is 5.60. The summed E-state index contributed by atoms with van der Waals surface area (Å²) in [5.41, 5.74) is 0.369. The van der Waals surface area contributed by atoms with E-state index in [0.29, 0.717) is 23.3 Å². The normalized spacial score (nSPS) is 16.0. The van der Waals surface area contributed by atoms with Crippen molar-refractivity contribution in [1.29, 1.82) is 0 Å². The minimum Gasteiger partial charge on any atom is -0.489 e. The van der Waals surface area contributed by atoms with Crippen molar-refractivity contribution in [2.24, 2.45) is 0 Å². The first-order valence-electron chi connectivity index (χ1n) is 10.8. The van der Waals surface area contributed by atoms with E-state index in [1.165, 1.54) is 18.1 Å². The summed E-state index contributed by atoms with van der Waals surface area (Å²) in [6.07, 6.45) is -4.70. The van der Waals surface area contributed by atoms with E-state index in [1.54, 1.807) is 52.0 Å². The van der Waals surface area contributed by atoms with Crippen molar-refractivity contribution < 1.29 is 37.0 Å². The summed E-state index contributed by atoms with van der Waals surface area (Å²) in [6, 6.07) is 7.98. The van der Waals surface area contributed by atoms with Gasteiger partial charge in [-0.2, -0.15) is 13.2 Å². The van der Waals surface area contributed by atoms with Crippen molar-refractivity contribution in [3.05, 3.63) is 64.2 Å². The van der Waals surface area contributed by atoms with Crippen LogP contribution in [-0.2, 0) is 33.5 Å². The van der Waals surface area contributed by atoms with Crippen LogP contribution in [-0.4, -0.2) is 36.2 Å².